The predicted octanol–water partition coefficient (Wildman–Crippen LogP) is 15.3. The van der Waals surface area contributed by atoms with Crippen molar-refractivity contribution in [2.45, 2.75) is 284 Å². The molecule has 0 amide bonds. The molecule has 0 aliphatic carbocycles. The van der Waals surface area contributed by atoms with Crippen molar-refractivity contribution in [2.75, 3.05) is 13.2 Å². The number of ether oxygens (including phenoxy) is 3. The van der Waals surface area contributed by atoms with Crippen LogP contribution in [0, 0.1) is 0 Å². The first-order valence-electron chi connectivity index (χ1n) is 25.0. The molecule has 0 saturated carbocycles. The molecule has 8 heteroatoms. The molecule has 0 fully saturated rings. The van der Waals surface area contributed by atoms with E-state index in [0.717, 1.165) is 51.4 Å². The Morgan fingerprint density at radius 3 is 0.948 bits per heavy atom. The lowest BCUT2D eigenvalue weighted by Crippen LogP contribution is -2.18. The van der Waals surface area contributed by atoms with Gasteiger partial charge in [0.2, 0.25) is 0 Å². The van der Waals surface area contributed by atoms with Crippen LogP contribution in [-0.2, 0) is 33.4 Å². The topological polar surface area (TPSA) is 116 Å². The van der Waals surface area contributed by atoms with Gasteiger partial charge in [-0.05, 0) is 64.2 Å². The van der Waals surface area contributed by atoms with E-state index >= 15 is 0 Å². The number of carboxylic acid groups (broad SMARTS) is 1. The molecule has 344 valence electrons. The molecule has 0 saturated heterocycles. The third-order valence-corrected chi connectivity index (χ3v) is 10.9. The monoisotopic (exact) mass is 825 g/mol. The number of hydrogen-bond acceptors (Lipinski definition) is 7. The number of hydrogen-bond donors (Lipinski definition) is 1. The standard InChI is InChI=1S/C26H50O4.C24H46O4/c1-3-5-7-9-11-12-14-16-20-24-30-26(28)22-18-17-21-25(27)29-23-19-15-13-10-8-6-4-2;1-3-5-7-9-10-11-13-15-19-22(18-14-12-8-6-4-2)28-24(27)21-17-16-20-23(25)26/h3-24H2,1-2H3;22H,3-21H2,1-2H3,(H,25,26). The molecule has 1 atom stereocenters. The maximum Gasteiger partial charge on any atom is 0.306 e. The molecule has 58 heavy (non-hydrogen) atoms. The zero-order chi connectivity index (χ0) is 43.0. The third kappa shape index (κ3) is 50.0. The SMILES string of the molecule is CCCCCCCCCCC(CCCCCCC)OC(=O)CCCCC(=O)O.CCCCCCCCCCCOC(=O)CCCCC(=O)OCCCCCCCCC. The maximum atomic E-state index is 12.1. The summed E-state index contributed by atoms with van der Waals surface area (Å²) in [6, 6.07) is 0. The first-order chi connectivity index (χ1) is 28.3. The van der Waals surface area contributed by atoms with E-state index < -0.39 is 5.97 Å². The van der Waals surface area contributed by atoms with Gasteiger partial charge < -0.3 is 19.3 Å². The fourth-order valence-electron chi connectivity index (χ4n) is 7.06. The van der Waals surface area contributed by atoms with Crippen LogP contribution in [0.3, 0.4) is 0 Å². The molecule has 0 spiro atoms. The van der Waals surface area contributed by atoms with Crippen LogP contribution in [0.15, 0.2) is 0 Å². The summed E-state index contributed by atoms with van der Waals surface area (Å²) in [6.45, 7) is 10.0. The van der Waals surface area contributed by atoms with Crippen LogP contribution >= 0.6 is 0 Å². The lowest BCUT2D eigenvalue weighted by molar-refractivity contribution is -0.150. The molecule has 8 nitrogen and oxygen atoms in total. The summed E-state index contributed by atoms with van der Waals surface area (Å²) in [6.07, 6.45) is 42.2. The summed E-state index contributed by atoms with van der Waals surface area (Å²) < 4.78 is 16.3. The van der Waals surface area contributed by atoms with Crippen LogP contribution in [0.2, 0.25) is 0 Å². The van der Waals surface area contributed by atoms with Gasteiger partial charge in [0.25, 0.3) is 0 Å². The summed E-state index contributed by atoms with van der Waals surface area (Å²) >= 11 is 0. The van der Waals surface area contributed by atoms with Crippen molar-refractivity contribution in [1.82, 2.24) is 0 Å². The molecule has 0 heterocycles. The van der Waals surface area contributed by atoms with Crippen LogP contribution in [-0.4, -0.2) is 48.3 Å². The molecule has 1 unspecified atom stereocenters. The second kappa shape index (κ2) is 49.2. The van der Waals surface area contributed by atoms with Gasteiger partial charge in [0.05, 0.1) is 13.2 Å². The molecule has 0 aromatic heterocycles. The average molecular weight is 825 g/mol. The van der Waals surface area contributed by atoms with E-state index in [1.54, 1.807) is 0 Å². The summed E-state index contributed by atoms with van der Waals surface area (Å²) in [5.74, 6) is -1.22. The van der Waals surface area contributed by atoms with Crippen LogP contribution in [0.1, 0.15) is 278 Å². The normalized spacial score (nSPS) is 11.4. The van der Waals surface area contributed by atoms with E-state index in [-0.39, 0.29) is 30.4 Å². The van der Waals surface area contributed by atoms with E-state index in [4.69, 9.17) is 19.3 Å². The van der Waals surface area contributed by atoms with Gasteiger partial charge in [-0.2, -0.15) is 0 Å². The van der Waals surface area contributed by atoms with Crippen molar-refractivity contribution < 1.29 is 38.5 Å². The van der Waals surface area contributed by atoms with Crippen molar-refractivity contribution in [3.05, 3.63) is 0 Å². The minimum Gasteiger partial charge on any atom is -0.481 e. The van der Waals surface area contributed by atoms with Crippen molar-refractivity contribution in [1.29, 1.82) is 0 Å². The summed E-state index contributed by atoms with van der Waals surface area (Å²) in [4.78, 5) is 46.1. The number of carboxylic acids is 1. The van der Waals surface area contributed by atoms with Crippen LogP contribution in [0.25, 0.3) is 0 Å². The molecular weight excluding hydrogens is 729 g/mol. The Bertz CT molecular complexity index is 891. The summed E-state index contributed by atoms with van der Waals surface area (Å²) in [5.41, 5.74) is 0. The van der Waals surface area contributed by atoms with E-state index in [9.17, 15) is 19.2 Å². The van der Waals surface area contributed by atoms with Gasteiger partial charge in [0.1, 0.15) is 6.10 Å². The Labute approximate surface area is 358 Å². The maximum absolute atomic E-state index is 12.1. The molecule has 0 bridgehead atoms. The van der Waals surface area contributed by atoms with Crippen molar-refractivity contribution >= 4 is 23.9 Å². The fraction of sp³-hybridized carbons (Fsp3) is 0.920. The van der Waals surface area contributed by atoms with Gasteiger partial charge in [-0.15, -0.1) is 0 Å². The highest BCUT2D eigenvalue weighted by molar-refractivity contribution is 5.71. The Morgan fingerprint density at radius 1 is 0.345 bits per heavy atom. The first kappa shape index (κ1) is 58.0. The van der Waals surface area contributed by atoms with Crippen molar-refractivity contribution in [3.8, 4) is 0 Å². The van der Waals surface area contributed by atoms with E-state index in [2.05, 4.69) is 27.7 Å². The van der Waals surface area contributed by atoms with Gasteiger partial charge >= 0.3 is 23.9 Å². The van der Waals surface area contributed by atoms with Gasteiger partial charge in [0.15, 0.2) is 0 Å². The van der Waals surface area contributed by atoms with Crippen molar-refractivity contribution in [3.63, 3.8) is 0 Å². The molecule has 1 N–H and O–H groups in total. The predicted molar refractivity (Wildman–Crippen MR) is 242 cm³/mol. The first-order valence-corrected chi connectivity index (χ1v) is 25.0. The smallest absolute Gasteiger partial charge is 0.306 e. The Balaban J connectivity index is 0. The molecule has 0 rings (SSSR count). The molecule has 0 radical (unpaired) electrons. The number of esters is 3. The quantitative estimate of drug-likeness (QED) is 0.0367. The van der Waals surface area contributed by atoms with Gasteiger partial charge in [-0.25, -0.2) is 0 Å². The number of rotatable bonds is 44. The zero-order valence-corrected chi connectivity index (χ0v) is 38.9. The lowest BCUT2D eigenvalue weighted by Gasteiger charge is -2.18. The number of carbonyl (C=O) groups is 4. The Kier molecular flexibility index (Phi) is 49.2. The highest BCUT2D eigenvalue weighted by atomic mass is 16.5. The largest absolute Gasteiger partial charge is 0.481 e. The van der Waals surface area contributed by atoms with Gasteiger partial charge in [-0.3, -0.25) is 19.2 Å². The van der Waals surface area contributed by atoms with Crippen LogP contribution < -0.4 is 0 Å². The molecular formula is C50H96O8. The molecule has 0 aromatic carbocycles. The highest BCUT2D eigenvalue weighted by Crippen LogP contribution is 2.18. The minimum atomic E-state index is -0.798. The van der Waals surface area contributed by atoms with Gasteiger partial charge in [-0.1, -0.05) is 188 Å². The number of aliphatic carboxylic acids is 1. The molecule has 0 aliphatic rings. The molecule has 0 aliphatic heterocycles. The Morgan fingerprint density at radius 2 is 0.621 bits per heavy atom. The van der Waals surface area contributed by atoms with E-state index in [1.807, 2.05) is 0 Å². The van der Waals surface area contributed by atoms with Gasteiger partial charge in [0, 0.05) is 25.7 Å². The molecule has 0 aromatic rings. The zero-order valence-electron chi connectivity index (χ0n) is 38.9. The Hall–Kier alpha value is -2.12. The van der Waals surface area contributed by atoms with E-state index in [1.165, 1.54) is 148 Å². The van der Waals surface area contributed by atoms with Crippen molar-refractivity contribution in [2.24, 2.45) is 0 Å². The summed E-state index contributed by atoms with van der Waals surface area (Å²) in [7, 11) is 0. The van der Waals surface area contributed by atoms with Crippen LogP contribution in [0.5, 0.6) is 0 Å². The average Bonchev–Trinajstić information content (AvgIpc) is 3.20. The van der Waals surface area contributed by atoms with E-state index in [0.29, 0.717) is 58.2 Å². The third-order valence-electron chi connectivity index (χ3n) is 10.9. The number of unbranched alkanes of at least 4 members (excludes halogenated alkanes) is 27. The fourth-order valence-corrected chi connectivity index (χ4v) is 7.06. The highest BCUT2D eigenvalue weighted by Gasteiger charge is 2.14. The number of carbonyl (C=O) groups excluding carboxylic acids is 3. The lowest BCUT2D eigenvalue weighted by atomic mass is 10.0. The second-order valence-electron chi connectivity index (χ2n) is 16.8. The van der Waals surface area contributed by atoms with Crippen LogP contribution in [0.4, 0.5) is 0 Å². The second-order valence-corrected chi connectivity index (χ2v) is 16.8. The summed E-state index contributed by atoms with van der Waals surface area (Å²) in [5, 5.41) is 8.67. The minimum absolute atomic E-state index is 0.0497.